The summed E-state index contributed by atoms with van der Waals surface area (Å²) in [6, 6.07) is 14.3. The van der Waals surface area contributed by atoms with Gasteiger partial charge in [-0.25, -0.2) is 0 Å². The second-order valence-corrected chi connectivity index (χ2v) is 7.75. The summed E-state index contributed by atoms with van der Waals surface area (Å²) < 4.78 is 0. The first-order valence-electron chi connectivity index (χ1n) is 9.98. The molecule has 0 aromatic heterocycles. The molecule has 152 valence electrons. The van der Waals surface area contributed by atoms with Gasteiger partial charge in [-0.3, -0.25) is 4.79 Å². The molecule has 1 unspecified atom stereocenters. The standard InChI is InChI=1S/C23H28N4O2/c1-17(16-28)15-25-23(29)21(14-24)12-18-3-4-20-13-22(6-5-19(20)11-18)27-9-7-26(2)8-10-27/h3-6,11-13,17,28H,7-10,15-16H2,1-2H3,(H,25,29)/b21-12+. The van der Waals surface area contributed by atoms with Gasteiger partial charge in [-0.05, 0) is 53.6 Å². The number of nitrogens with zero attached hydrogens (tertiary/aromatic N) is 3. The molecule has 1 saturated heterocycles. The van der Waals surface area contributed by atoms with Crippen LogP contribution in [0.4, 0.5) is 5.69 Å². The van der Waals surface area contributed by atoms with E-state index < -0.39 is 5.91 Å². The number of anilines is 1. The van der Waals surface area contributed by atoms with E-state index in [9.17, 15) is 10.1 Å². The Kier molecular flexibility index (Phi) is 6.86. The Morgan fingerprint density at radius 1 is 1.21 bits per heavy atom. The minimum atomic E-state index is -0.418. The van der Waals surface area contributed by atoms with Gasteiger partial charge in [-0.15, -0.1) is 0 Å². The van der Waals surface area contributed by atoms with Crippen LogP contribution in [0.5, 0.6) is 0 Å². The van der Waals surface area contributed by atoms with Crippen LogP contribution in [-0.4, -0.2) is 62.3 Å². The fourth-order valence-electron chi connectivity index (χ4n) is 3.34. The lowest BCUT2D eigenvalue weighted by Gasteiger charge is -2.34. The summed E-state index contributed by atoms with van der Waals surface area (Å²) in [5.41, 5.74) is 2.10. The lowest BCUT2D eigenvalue weighted by atomic mass is 10.0. The van der Waals surface area contributed by atoms with E-state index in [0.29, 0.717) is 6.54 Å². The van der Waals surface area contributed by atoms with E-state index in [1.807, 2.05) is 31.2 Å². The summed E-state index contributed by atoms with van der Waals surface area (Å²) in [6.07, 6.45) is 1.60. The second-order valence-electron chi connectivity index (χ2n) is 7.75. The predicted molar refractivity (Wildman–Crippen MR) is 117 cm³/mol. The molecule has 0 bridgehead atoms. The summed E-state index contributed by atoms with van der Waals surface area (Å²) in [7, 11) is 2.15. The average Bonchev–Trinajstić information content (AvgIpc) is 2.75. The number of nitrogens with one attached hydrogen (secondary N) is 1. The zero-order chi connectivity index (χ0) is 20.8. The number of hydrogen-bond acceptors (Lipinski definition) is 5. The molecule has 0 aliphatic carbocycles. The smallest absolute Gasteiger partial charge is 0.261 e. The maximum Gasteiger partial charge on any atom is 0.261 e. The Balaban J connectivity index is 1.76. The quantitative estimate of drug-likeness (QED) is 0.582. The second kappa shape index (κ2) is 9.55. The van der Waals surface area contributed by atoms with Crippen LogP contribution in [0.1, 0.15) is 12.5 Å². The van der Waals surface area contributed by atoms with E-state index in [1.54, 1.807) is 6.08 Å². The van der Waals surface area contributed by atoms with E-state index in [2.05, 4.69) is 40.4 Å². The van der Waals surface area contributed by atoms with Crippen molar-refractivity contribution in [2.24, 2.45) is 5.92 Å². The van der Waals surface area contributed by atoms with E-state index in [1.165, 1.54) is 5.69 Å². The van der Waals surface area contributed by atoms with E-state index >= 15 is 0 Å². The molecule has 1 fully saturated rings. The monoisotopic (exact) mass is 392 g/mol. The molecule has 29 heavy (non-hydrogen) atoms. The van der Waals surface area contributed by atoms with E-state index in [-0.39, 0.29) is 18.1 Å². The third-order valence-electron chi connectivity index (χ3n) is 5.32. The predicted octanol–water partition coefficient (Wildman–Crippen LogP) is 2.24. The molecule has 2 aromatic carbocycles. The van der Waals surface area contributed by atoms with Crippen LogP contribution in [0.15, 0.2) is 42.0 Å². The number of hydrogen-bond donors (Lipinski definition) is 2. The topological polar surface area (TPSA) is 79.6 Å². The van der Waals surface area contributed by atoms with Crippen LogP contribution in [0.3, 0.4) is 0 Å². The Bertz CT molecular complexity index is 940. The van der Waals surface area contributed by atoms with Gasteiger partial charge in [0, 0.05) is 45.0 Å². The minimum absolute atomic E-state index is 0.00727. The first-order valence-corrected chi connectivity index (χ1v) is 9.98. The summed E-state index contributed by atoms with van der Waals surface area (Å²) in [5, 5.41) is 23.3. The maximum absolute atomic E-state index is 12.2. The number of carbonyl (C=O) groups excluding carboxylic acids is 1. The molecule has 0 radical (unpaired) electrons. The molecule has 1 heterocycles. The third-order valence-corrected chi connectivity index (χ3v) is 5.32. The van der Waals surface area contributed by atoms with Gasteiger partial charge in [0.2, 0.25) is 0 Å². The van der Waals surface area contributed by atoms with Crippen molar-refractivity contribution in [3.63, 3.8) is 0 Å². The Labute approximate surface area is 172 Å². The van der Waals surface area contributed by atoms with Gasteiger partial charge in [0.1, 0.15) is 11.6 Å². The first kappa shape index (κ1) is 20.8. The zero-order valence-corrected chi connectivity index (χ0v) is 17.1. The highest BCUT2D eigenvalue weighted by molar-refractivity contribution is 6.02. The molecule has 0 spiro atoms. The molecule has 1 aliphatic heterocycles. The van der Waals surface area contributed by atoms with Crippen LogP contribution in [0, 0.1) is 17.2 Å². The molecule has 1 aliphatic rings. The van der Waals surface area contributed by atoms with Crippen molar-refractivity contribution in [3.8, 4) is 6.07 Å². The Hall–Kier alpha value is -2.88. The van der Waals surface area contributed by atoms with Crippen LogP contribution in [0.2, 0.25) is 0 Å². The molecule has 2 N–H and O–H groups in total. The number of fused-ring (bicyclic) bond motifs is 1. The molecule has 1 amide bonds. The van der Waals surface area contributed by atoms with Crippen molar-refractivity contribution in [1.82, 2.24) is 10.2 Å². The van der Waals surface area contributed by atoms with Crippen LogP contribution in [0.25, 0.3) is 16.8 Å². The molecule has 6 heteroatoms. The maximum atomic E-state index is 12.2. The first-order chi connectivity index (χ1) is 14.0. The van der Waals surface area contributed by atoms with Gasteiger partial charge >= 0.3 is 0 Å². The van der Waals surface area contributed by atoms with Crippen LogP contribution >= 0.6 is 0 Å². The highest BCUT2D eigenvalue weighted by Crippen LogP contribution is 2.25. The summed E-state index contributed by atoms with van der Waals surface area (Å²) in [5.74, 6) is -0.465. The summed E-state index contributed by atoms with van der Waals surface area (Å²) in [4.78, 5) is 17.0. The van der Waals surface area contributed by atoms with Gasteiger partial charge in [0.25, 0.3) is 5.91 Å². The minimum Gasteiger partial charge on any atom is -0.396 e. The van der Waals surface area contributed by atoms with Gasteiger partial charge < -0.3 is 20.2 Å². The number of amides is 1. The largest absolute Gasteiger partial charge is 0.396 e. The molecular formula is C23H28N4O2. The fourth-order valence-corrected chi connectivity index (χ4v) is 3.34. The van der Waals surface area contributed by atoms with Gasteiger partial charge in [-0.1, -0.05) is 25.1 Å². The lowest BCUT2D eigenvalue weighted by Crippen LogP contribution is -2.44. The van der Waals surface area contributed by atoms with Crippen molar-refractivity contribution in [1.29, 1.82) is 5.26 Å². The molecule has 0 saturated carbocycles. The van der Waals surface area contributed by atoms with E-state index in [0.717, 1.165) is 42.5 Å². The number of rotatable bonds is 6. The molecule has 6 nitrogen and oxygen atoms in total. The normalized spacial score (nSPS) is 16.5. The Morgan fingerprint density at radius 2 is 1.90 bits per heavy atom. The number of aliphatic hydroxyl groups excluding tert-OH is 1. The molecule has 3 rings (SSSR count). The van der Waals surface area contributed by atoms with Gasteiger partial charge in [0.15, 0.2) is 0 Å². The van der Waals surface area contributed by atoms with Crippen LogP contribution < -0.4 is 10.2 Å². The van der Waals surface area contributed by atoms with E-state index in [4.69, 9.17) is 5.11 Å². The number of aliphatic hydroxyl groups is 1. The van der Waals surface area contributed by atoms with Crippen molar-refractivity contribution in [2.45, 2.75) is 6.92 Å². The third kappa shape index (κ3) is 5.35. The molecule has 1 atom stereocenters. The number of carbonyl (C=O) groups is 1. The number of likely N-dealkylation sites (N-methyl/N-ethyl adjacent to an activating group) is 1. The van der Waals surface area contributed by atoms with Gasteiger partial charge in [0.05, 0.1) is 0 Å². The van der Waals surface area contributed by atoms with Crippen molar-refractivity contribution in [2.75, 3.05) is 51.3 Å². The highest BCUT2D eigenvalue weighted by atomic mass is 16.3. The summed E-state index contributed by atoms with van der Waals surface area (Å²) >= 11 is 0. The zero-order valence-electron chi connectivity index (χ0n) is 17.1. The molecule has 2 aromatic rings. The lowest BCUT2D eigenvalue weighted by molar-refractivity contribution is -0.117. The van der Waals surface area contributed by atoms with Crippen LogP contribution in [-0.2, 0) is 4.79 Å². The highest BCUT2D eigenvalue weighted by Gasteiger charge is 2.15. The SMILES string of the molecule is CC(CO)CNC(=O)/C(C#N)=C/c1ccc2cc(N3CCN(C)CC3)ccc2c1. The summed E-state index contributed by atoms with van der Waals surface area (Å²) in [6.45, 7) is 6.34. The number of benzene rings is 2. The molecular weight excluding hydrogens is 364 g/mol. The van der Waals surface area contributed by atoms with Crippen molar-refractivity contribution in [3.05, 3.63) is 47.5 Å². The average molecular weight is 393 g/mol. The van der Waals surface area contributed by atoms with Crippen molar-refractivity contribution < 1.29 is 9.90 Å². The Morgan fingerprint density at radius 3 is 2.59 bits per heavy atom. The fraction of sp³-hybridized carbons (Fsp3) is 0.391. The number of nitriles is 1. The number of piperazine rings is 1. The van der Waals surface area contributed by atoms with Gasteiger partial charge in [-0.2, -0.15) is 5.26 Å². The van der Waals surface area contributed by atoms with Crippen molar-refractivity contribution >= 4 is 28.4 Å².